The summed E-state index contributed by atoms with van der Waals surface area (Å²) in [7, 11) is 0. The molecular formula is C11H20N2OS. The highest BCUT2D eigenvalue weighted by Crippen LogP contribution is 2.16. The molecule has 1 heterocycles. The second-order valence-corrected chi connectivity index (χ2v) is 4.70. The summed E-state index contributed by atoms with van der Waals surface area (Å²) >= 11 is 1.68. The number of hydrogen-bond acceptors (Lipinski definition) is 4. The fraction of sp³-hybridized carbons (Fsp3) is 0.727. The van der Waals surface area contributed by atoms with Crippen LogP contribution >= 0.6 is 11.3 Å². The lowest BCUT2D eigenvalue weighted by Crippen LogP contribution is -2.20. The lowest BCUT2D eigenvalue weighted by atomic mass is 10.1. The smallest absolute Gasteiger partial charge is 0.0794 e. The maximum absolute atomic E-state index is 9.37. The van der Waals surface area contributed by atoms with Gasteiger partial charge in [0.15, 0.2) is 0 Å². The first-order valence-corrected chi connectivity index (χ1v) is 6.41. The predicted octanol–water partition coefficient (Wildman–Crippen LogP) is 2.34. The van der Waals surface area contributed by atoms with Crippen molar-refractivity contribution >= 4 is 11.3 Å². The van der Waals surface area contributed by atoms with Gasteiger partial charge in [0.25, 0.3) is 0 Å². The van der Waals surface area contributed by atoms with Crippen LogP contribution in [0.2, 0.25) is 0 Å². The van der Waals surface area contributed by atoms with Crippen molar-refractivity contribution in [2.75, 3.05) is 6.54 Å². The number of rotatable bonds is 7. The van der Waals surface area contributed by atoms with Gasteiger partial charge in [0.05, 0.1) is 11.6 Å². The number of thiazole rings is 1. The van der Waals surface area contributed by atoms with Crippen LogP contribution < -0.4 is 5.32 Å². The SMILES string of the molecule is CCC(O)CCCNC(C)c1cncs1. The molecule has 2 atom stereocenters. The van der Waals surface area contributed by atoms with E-state index in [-0.39, 0.29) is 6.10 Å². The number of aliphatic hydroxyl groups excluding tert-OH is 1. The summed E-state index contributed by atoms with van der Waals surface area (Å²) in [6.07, 6.45) is 4.54. The van der Waals surface area contributed by atoms with E-state index in [1.54, 1.807) is 11.3 Å². The molecule has 0 aliphatic heterocycles. The fourth-order valence-electron chi connectivity index (χ4n) is 1.40. The van der Waals surface area contributed by atoms with E-state index in [9.17, 15) is 5.11 Å². The maximum Gasteiger partial charge on any atom is 0.0794 e. The molecule has 1 rings (SSSR count). The average Bonchev–Trinajstić information content (AvgIpc) is 2.77. The normalized spacial score (nSPS) is 15.1. The zero-order chi connectivity index (χ0) is 11.1. The van der Waals surface area contributed by atoms with Crippen LogP contribution in [-0.2, 0) is 0 Å². The zero-order valence-corrected chi connectivity index (χ0v) is 10.3. The van der Waals surface area contributed by atoms with E-state index >= 15 is 0 Å². The molecule has 2 unspecified atom stereocenters. The van der Waals surface area contributed by atoms with Gasteiger partial charge in [0.2, 0.25) is 0 Å². The molecule has 0 radical (unpaired) electrons. The first kappa shape index (κ1) is 12.6. The van der Waals surface area contributed by atoms with Crippen LogP contribution in [-0.4, -0.2) is 22.7 Å². The number of nitrogens with zero attached hydrogens (tertiary/aromatic N) is 1. The summed E-state index contributed by atoms with van der Waals surface area (Å²) in [6.45, 7) is 5.11. The van der Waals surface area contributed by atoms with E-state index in [4.69, 9.17) is 0 Å². The number of hydrogen-bond donors (Lipinski definition) is 2. The Balaban J connectivity index is 2.10. The first-order chi connectivity index (χ1) is 7.24. The molecule has 1 aromatic heterocycles. The van der Waals surface area contributed by atoms with Crippen LogP contribution in [0.3, 0.4) is 0 Å². The Labute approximate surface area is 95.6 Å². The molecule has 0 amide bonds. The van der Waals surface area contributed by atoms with Crippen molar-refractivity contribution in [3.8, 4) is 0 Å². The van der Waals surface area contributed by atoms with Gasteiger partial charge in [0.1, 0.15) is 0 Å². The molecule has 1 aromatic rings. The van der Waals surface area contributed by atoms with E-state index in [0.29, 0.717) is 6.04 Å². The van der Waals surface area contributed by atoms with Gasteiger partial charge in [-0.25, -0.2) is 0 Å². The van der Waals surface area contributed by atoms with Crippen LogP contribution in [0.5, 0.6) is 0 Å². The predicted molar refractivity (Wildman–Crippen MR) is 64.1 cm³/mol. The molecule has 86 valence electrons. The number of nitrogens with one attached hydrogen (secondary N) is 1. The van der Waals surface area contributed by atoms with Crippen LogP contribution in [0.25, 0.3) is 0 Å². The molecule has 4 heteroatoms. The fourth-order valence-corrected chi connectivity index (χ4v) is 2.05. The number of aromatic nitrogens is 1. The minimum absolute atomic E-state index is 0.134. The molecule has 0 aliphatic carbocycles. The Morgan fingerprint density at radius 3 is 3.00 bits per heavy atom. The lowest BCUT2D eigenvalue weighted by Gasteiger charge is -2.12. The summed E-state index contributed by atoms with van der Waals surface area (Å²) in [6, 6.07) is 0.372. The van der Waals surface area contributed by atoms with Crippen molar-refractivity contribution in [2.24, 2.45) is 0 Å². The van der Waals surface area contributed by atoms with Gasteiger partial charge >= 0.3 is 0 Å². The van der Waals surface area contributed by atoms with Gasteiger partial charge < -0.3 is 10.4 Å². The lowest BCUT2D eigenvalue weighted by molar-refractivity contribution is 0.157. The summed E-state index contributed by atoms with van der Waals surface area (Å²) in [5, 5.41) is 12.8. The van der Waals surface area contributed by atoms with Crippen LogP contribution in [0.1, 0.15) is 44.0 Å². The maximum atomic E-state index is 9.37. The van der Waals surface area contributed by atoms with Gasteiger partial charge in [-0.05, 0) is 32.7 Å². The Morgan fingerprint density at radius 1 is 1.60 bits per heavy atom. The molecule has 0 bridgehead atoms. The Morgan fingerprint density at radius 2 is 2.40 bits per heavy atom. The standard InChI is InChI=1S/C11H20N2OS/c1-3-10(14)5-4-6-13-9(2)11-7-12-8-15-11/h7-10,13-14H,3-6H2,1-2H3. The summed E-state index contributed by atoms with van der Waals surface area (Å²) < 4.78 is 0. The van der Waals surface area contributed by atoms with Gasteiger partial charge in [-0.3, -0.25) is 4.98 Å². The third kappa shape index (κ3) is 4.73. The number of aliphatic hydroxyl groups is 1. The molecule has 0 saturated carbocycles. The molecule has 3 nitrogen and oxygen atoms in total. The Bertz CT molecular complexity index is 251. The van der Waals surface area contributed by atoms with Crippen LogP contribution in [0, 0.1) is 0 Å². The monoisotopic (exact) mass is 228 g/mol. The van der Waals surface area contributed by atoms with Crippen LogP contribution in [0.4, 0.5) is 0 Å². The van der Waals surface area contributed by atoms with Crippen molar-refractivity contribution in [3.05, 3.63) is 16.6 Å². The van der Waals surface area contributed by atoms with E-state index in [1.807, 2.05) is 18.6 Å². The van der Waals surface area contributed by atoms with Gasteiger partial charge in [-0.15, -0.1) is 11.3 Å². The third-order valence-electron chi connectivity index (χ3n) is 2.51. The second-order valence-electron chi connectivity index (χ2n) is 3.78. The molecule has 0 aliphatic rings. The highest BCUT2D eigenvalue weighted by Gasteiger charge is 2.06. The van der Waals surface area contributed by atoms with Crippen molar-refractivity contribution in [3.63, 3.8) is 0 Å². The van der Waals surface area contributed by atoms with Gasteiger partial charge in [-0.2, -0.15) is 0 Å². The van der Waals surface area contributed by atoms with Crippen LogP contribution in [0.15, 0.2) is 11.7 Å². The van der Waals surface area contributed by atoms with Crippen molar-refractivity contribution in [1.29, 1.82) is 0 Å². The van der Waals surface area contributed by atoms with Crippen molar-refractivity contribution in [2.45, 2.75) is 45.3 Å². The van der Waals surface area contributed by atoms with E-state index in [0.717, 1.165) is 25.8 Å². The molecule has 0 fully saturated rings. The molecule has 15 heavy (non-hydrogen) atoms. The quantitative estimate of drug-likeness (QED) is 0.704. The summed E-state index contributed by atoms with van der Waals surface area (Å²) in [5.41, 5.74) is 1.86. The molecular weight excluding hydrogens is 208 g/mol. The van der Waals surface area contributed by atoms with E-state index < -0.39 is 0 Å². The summed E-state index contributed by atoms with van der Waals surface area (Å²) in [5.74, 6) is 0. The zero-order valence-electron chi connectivity index (χ0n) is 9.44. The molecule has 0 spiro atoms. The van der Waals surface area contributed by atoms with E-state index in [2.05, 4.69) is 17.2 Å². The van der Waals surface area contributed by atoms with Gasteiger partial charge in [0, 0.05) is 17.1 Å². The molecule has 0 saturated heterocycles. The Hall–Kier alpha value is -0.450. The highest BCUT2D eigenvalue weighted by molar-refractivity contribution is 7.09. The first-order valence-electron chi connectivity index (χ1n) is 5.53. The molecule has 2 N–H and O–H groups in total. The summed E-state index contributed by atoms with van der Waals surface area (Å²) in [4.78, 5) is 5.32. The van der Waals surface area contributed by atoms with Gasteiger partial charge in [-0.1, -0.05) is 6.92 Å². The third-order valence-corrected chi connectivity index (χ3v) is 3.47. The second kappa shape index (κ2) is 6.93. The molecule has 0 aromatic carbocycles. The van der Waals surface area contributed by atoms with E-state index in [1.165, 1.54) is 4.88 Å². The minimum Gasteiger partial charge on any atom is -0.393 e. The average molecular weight is 228 g/mol. The topological polar surface area (TPSA) is 45.1 Å². The van der Waals surface area contributed by atoms with Crippen molar-refractivity contribution in [1.82, 2.24) is 10.3 Å². The van der Waals surface area contributed by atoms with Crippen molar-refractivity contribution < 1.29 is 5.11 Å². The highest BCUT2D eigenvalue weighted by atomic mass is 32.1. The largest absolute Gasteiger partial charge is 0.393 e. The Kier molecular flexibility index (Phi) is 5.83. The minimum atomic E-state index is -0.134.